The molecule has 0 fully saturated rings. The van der Waals surface area contributed by atoms with Gasteiger partial charge in [-0.1, -0.05) is 11.3 Å². The Balaban J connectivity index is 2.66. The molecule has 0 saturated carbocycles. The summed E-state index contributed by atoms with van der Waals surface area (Å²) in [7, 11) is 1.57. The van der Waals surface area contributed by atoms with Crippen molar-refractivity contribution in [3.8, 4) is 10.8 Å². The first kappa shape index (κ1) is 9.68. The molecule has 0 saturated heterocycles. The van der Waals surface area contributed by atoms with Gasteiger partial charge in [-0.15, -0.1) is 11.8 Å². The Bertz CT molecular complexity index is 462. The van der Waals surface area contributed by atoms with E-state index in [1.165, 1.54) is 16.2 Å². The van der Waals surface area contributed by atoms with Crippen LogP contribution >= 0.6 is 23.1 Å². The number of thiophene rings is 1. The molecule has 1 aromatic heterocycles. The van der Waals surface area contributed by atoms with E-state index in [-0.39, 0.29) is 5.75 Å². The number of hydrogen-bond acceptors (Lipinski definition) is 4. The molecule has 14 heavy (non-hydrogen) atoms. The van der Waals surface area contributed by atoms with Crippen LogP contribution in [0.2, 0.25) is 0 Å². The SMILES string of the molecule is COc1sc2cc(SC)ccc2c1O. The number of ether oxygens (including phenoxy) is 1. The van der Waals surface area contributed by atoms with Crippen LogP contribution in [0.5, 0.6) is 10.8 Å². The second-order valence-corrected chi connectivity index (χ2v) is 4.70. The van der Waals surface area contributed by atoms with Gasteiger partial charge in [-0.05, 0) is 24.5 Å². The predicted molar refractivity (Wildman–Crippen MR) is 61.8 cm³/mol. The molecule has 2 nitrogen and oxygen atoms in total. The van der Waals surface area contributed by atoms with E-state index in [0.29, 0.717) is 5.06 Å². The Labute approximate surface area is 90.5 Å². The Morgan fingerprint density at radius 1 is 1.43 bits per heavy atom. The van der Waals surface area contributed by atoms with Crippen LogP contribution in [0.15, 0.2) is 23.1 Å². The highest BCUT2D eigenvalue weighted by molar-refractivity contribution is 7.98. The topological polar surface area (TPSA) is 29.5 Å². The number of fused-ring (bicyclic) bond motifs is 1. The second-order valence-electron chi connectivity index (χ2n) is 2.80. The molecule has 4 heteroatoms. The van der Waals surface area contributed by atoms with Gasteiger partial charge in [0.1, 0.15) is 0 Å². The summed E-state index contributed by atoms with van der Waals surface area (Å²) in [6.45, 7) is 0. The summed E-state index contributed by atoms with van der Waals surface area (Å²) in [6.07, 6.45) is 2.03. The van der Waals surface area contributed by atoms with E-state index in [4.69, 9.17) is 4.74 Å². The normalized spacial score (nSPS) is 10.7. The van der Waals surface area contributed by atoms with E-state index >= 15 is 0 Å². The monoisotopic (exact) mass is 226 g/mol. The standard InChI is InChI=1S/C10H10O2S2/c1-12-10-9(11)7-4-3-6(13-2)5-8(7)14-10/h3-5,11H,1-2H3. The fraction of sp³-hybridized carbons (Fsp3) is 0.200. The Morgan fingerprint density at radius 2 is 2.21 bits per heavy atom. The van der Waals surface area contributed by atoms with Crippen molar-refractivity contribution in [3.63, 3.8) is 0 Å². The van der Waals surface area contributed by atoms with Gasteiger partial charge in [0.15, 0.2) is 5.75 Å². The third-order valence-electron chi connectivity index (χ3n) is 2.03. The summed E-state index contributed by atoms with van der Waals surface area (Å²) < 4.78 is 6.13. The summed E-state index contributed by atoms with van der Waals surface area (Å²) in [4.78, 5) is 1.20. The fourth-order valence-electron chi connectivity index (χ4n) is 1.31. The molecule has 0 aliphatic carbocycles. The van der Waals surface area contributed by atoms with E-state index in [0.717, 1.165) is 10.1 Å². The van der Waals surface area contributed by atoms with Gasteiger partial charge in [-0.2, -0.15) is 0 Å². The molecule has 1 N–H and O–H groups in total. The van der Waals surface area contributed by atoms with Crippen molar-refractivity contribution in [2.24, 2.45) is 0 Å². The fourth-order valence-corrected chi connectivity index (χ4v) is 2.77. The highest BCUT2D eigenvalue weighted by Gasteiger charge is 2.11. The largest absolute Gasteiger partial charge is 0.503 e. The van der Waals surface area contributed by atoms with E-state index < -0.39 is 0 Å². The molecule has 0 bridgehead atoms. The smallest absolute Gasteiger partial charge is 0.217 e. The minimum absolute atomic E-state index is 0.250. The van der Waals surface area contributed by atoms with Crippen LogP contribution < -0.4 is 4.74 Å². The third-order valence-corrected chi connectivity index (χ3v) is 3.85. The van der Waals surface area contributed by atoms with Crippen molar-refractivity contribution in [1.29, 1.82) is 0 Å². The number of benzene rings is 1. The van der Waals surface area contributed by atoms with Crippen LogP contribution in [0.25, 0.3) is 10.1 Å². The van der Waals surface area contributed by atoms with Gasteiger partial charge < -0.3 is 9.84 Å². The van der Waals surface area contributed by atoms with Crippen molar-refractivity contribution in [2.75, 3.05) is 13.4 Å². The van der Waals surface area contributed by atoms with E-state index in [9.17, 15) is 5.11 Å². The van der Waals surface area contributed by atoms with Crippen LogP contribution in [0.4, 0.5) is 0 Å². The van der Waals surface area contributed by atoms with Crippen LogP contribution in [0.1, 0.15) is 0 Å². The van der Waals surface area contributed by atoms with E-state index in [1.807, 2.05) is 18.4 Å². The zero-order chi connectivity index (χ0) is 10.1. The molecule has 1 aromatic carbocycles. The maximum Gasteiger partial charge on any atom is 0.217 e. The van der Waals surface area contributed by atoms with Gasteiger partial charge in [-0.3, -0.25) is 0 Å². The quantitative estimate of drug-likeness (QED) is 0.796. The molecule has 0 aliphatic heterocycles. The van der Waals surface area contributed by atoms with Gasteiger partial charge in [0.2, 0.25) is 5.06 Å². The zero-order valence-electron chi connectivity index (χ0n) is 7.90. The molecule has 1 heterocycles. The number of aromatic hydroxyl groups is 1. The van der Waals surface area contributed by atoms with E-state index in [2.05, 4.69) is 6.07 Å². The highest BCUT2D eigenvalue weighted by atomic mass is 32.2. The zero-order valence-corrected chi connectivity index (χ0v) is 9.54. The molecule has 0 spiro atoms. The minimum atomic E-state index is 0.250. The summed E-state index contributed by atoms with van der Waals surface area (Å²) in [5.74, 6) is 0.250. The summed E-state index contributed by atoms with van der Waals surface area (Å²) in [5.41, 5.74) is 0. The lowest BCUT2D eigenvalue weighted by Gasteiger charge is -1.95. The molecule has 0 radical (unpaired) electrons. The summed E-state index contributed by atoms with van der Waals surface area (Å²) >= 11 is 3.16. The van der Waals surface area contributed by atoms with Gasteiger partial charge in [0.05, 0.1) is 7.11 Å². The van der Waals surface area contributed by atoms with Gasteiger partial charge >= 0.3 is 0 Å². The maximum atomic E-state index is 9.73. The lowest BCUT2D eigenvalue weighted by atomic mass is 10.2. The average Bonchev–Trinajstić information content (AvgIpc) is 2.55. The first-order valence-corrected chi connectivity index (χ1v) is 6.14. The highest BCUT2D eigenvalue weighted by Crippen LogP contribution is 2.43. The molecule has 0 atom stereocenters. The Hall–Kier alpha value is -0.870. The minimum Gasteiger partial charge on any atom is -0.503 e. The molecule has 2 rings (SSSR count). The first-order chi connectivity index (χ1) is 6.76. The summed E-state index contributed by atoms with van der Waals surface area (Å²) in [5, 5.41) is 11.2. The van der Waals surface area contributed by atoms with Crippen molar-refractivity contribution in [1.82, 2.24) is 0 Å². The van der Waals surface area contributed by atoms with Gasteiger partial charge in [-0.25, -0.2) is 0 Å². The number of methoxy groups -OCH3 is 1. The molecule has 74 valence electrons. The maximum absolute atomic E-state index is 9.73. The van der Waals surface area contributed by atoms with Crippen molar-refractivity contribution >= 4 is 33.2 Å². The van der Waals surface area contributed by atoms with Gasteiger partial charge in [0, 0.05) is 15.0 Å². The van der Waals surface area contributed by atoms with Crippen LogP contribution in [-0.4, -0.2) is 18.5 Å². The van der Waals surface area contributed by atoms with Crippen molar-refractivity contribution < 1.29 is 9.84 Å². The van der Waals surface area contributed by atoms with E-state index in [1.54, 1.807) is 18.9 Å². The van der Waals surface area contributed by atoms with Crippen LogP contribution in [0, 0.1) is 0 Å². The molecule has 0 aliphatic rings. The van der Waals surface area contributed by atoms with Crippen LogP contribution in [0.3, 0.4) is 0 Å². The van der Waals surface area contributed by atoms with Crippen LogP contribution in [-0.2, 0) is 0 Å². The second kappa shape index (κ2) is 3.71. The molecule has 2 aromatic rings. The number of hydrogen-bond donors (Lipinski definition) is 1. The molecule has 0 unspecified atom stereocenters. The summed E-state index contributed by atoms with van der Waals surface area (Å²) in [6, 6.07) is 5.99. The number of thioether (sulfide) groups is 1. The predicted octanol–water partition coefficient (Wildman–Crippen LogP) is 3.34. The lowest BCUT2D eigenvalue weighted by molar-refractivity contribution is 0.388. The lowest BCUT2D eigenvalue weighted by Crippen LogP contribution is -1.75. The molecular weight excluding hydrogens is 216 g/mol. The third kappa shape index (κ3) is 1.44. The molecular formula is C10H10O2S2. The Kier molecular flexibility index (Phi) is 2.56. The molecule has 0 amide bonds. The van der Waals surface area contributed by atoms with Gasteiger partial charge in [0.25, 0.3) is 0 Å². The van der Waals surface area contributed by atoms with Crippen molar-refractivity contribution in [2.45, 2.75) is 4.90 Å². The number of rotatable bonds is 2. The Morgan fingerprint density at radius 3 is 2.86 bits per heavy atom. The average molecular weight is 226 g/mol. The van der Waals surface area contributed by atoms with Crippen molar-refractivity contribution in [3.05, 3.63) is 18.2 Å². The first-order valence-electron chi connectivity index (χ1n) is 4.09.